The fourth-order valence-electron chi connectivity index (χ4n) is 4.79. The van der Waals surface area contributed by atoms with E-state index in [4.69, 9.17) is 10.5 Å². The van der Waals surface area contributed by atoms with Crippen LogP contribution in [0.25, 0.3) is 5.69 Å². The van der Waals surface area contributed by atoms with Gasteiger partial charge in [0.2, 0.25) is 5.91 Å². The van der Waals surface area contributed by atoms with Gasteiger partial charge in [0, 0.05) is 42.5 Å². The van der Waals surface area contributed by atoms with E-state index in [-0.39, 0.29) is 29.0 Å². The number of methoxy groups -OCH3 is 1. The van der Waals surface area contributed by atoms with E-state index >= 15 is 0 Å². The number of ether oxygens (including phenoxy) is 1. The molecule has 2 aromatic carbocycles. The molecular formula is C25H24FN5O4. The number of carbonyl (C=O) groups is 3. The summed E-state index contributed by atoms with van der Waals surface area (Å²) < 4.78 is 20.4. The zero-order chi connectivity index (χ0) is 24.9. The van der Waals surface area contributed by atoms with Gasteiger partial charge in [-0.1, -0.05) is 0 Å². The molecule has 5 rings (SSSR count). The molecule has 3 heterocycles. The molecule has 10 heteroatoms. The maximum Gasteiger partial charge on any atom is 0.277 e. The number of nitrogens with two attached hydrogens (primary N) is 1. The van der Waals surface area contributed by atoms with Crippen LogP contribution in [0.3, 0.4) is 0 Å². The predicted octanol–water partition coefficient (Wildman–Crippen LogP) is 2.76. The van der Waals surface area contributed by atoms with Gasteiger partial charge in [-0.15, -0.1) is 0 Å². The van der Waals surface area contributed by atoms with Gasteiger partial charge in [0.05, 0.1) is 12.8 Å². The van der Waals surface area contributed by atoms with E-state index in [1.165, 1.54) is 30.0 Å². The average Bonchev–Trinajstić information content (AvgIpc) is 3.44. The van der Waals surface area contributed by atoms with E-state index in [9.17, 15) is 18.8 Å². The van der Waals surface area contributed by atoms with E-state index in [2.05, 4.69) is 5.10 Å². The highest BCUT2D eigenvalue weighted by atomic mass is 19.1. The molecule has 0 unspecified atom stereocenters. The Morgan fingerprint density at radius 1 is 1.06 bits per heavy atom. The monoisotopic (exact) mass is 477 g/mol. The summed E-state index contributed by atoms with van der Waals surface area (Å²) in [6.45, 7) is 2.90. The number of aromatic nitrogens is 2. The summed E-state index contributed by atoms with van der Waals surface area (Å²) in [4.78, 5) is 41.4. The Hall–Kier alpha value is -4.21. The third kappa shape index (κ3) is 3.71. The van der Waals surface area contributed by atoms with Crippen molar-refractivity contribution in [1.82, 2.24) is 9.78 Å². The van der Waals surface area contributed by atoms with Crippen LogP contribution in [0.2, 0.25) is 0 Å². The van der Waals surface area contributed by atoms with Crippen molar-refractivity contribution in [3.05, 3.63) is 64.7 Å². The van der Waals surface area contributed by atoms with Crippen LogP contribution in [0.1, 0.15) is 44.9 Å². The Kier molecular flexibility index (Phi) is 5.50. The molecule has 3 aromatic rings. The predicted molar refractivity (Wildman–Crippen MR) is 127 cm³/mol. The smallest absolute Gasteiger partial charge is 0.277 e. The first kappa shape index (κ1) is 22.6. The third-order valence-corrected chi connectivity index (χ3v) is 6.49. The molecule has 0 atom stereocenters. The molecule has 0 bridgehead atoms. The van der Waals surface area contributed by atoms with Crippen LogP contribution < -0.4 is 20.3 Å². The van der Waals surface area contributed by atoms with Crippen LogP contribution in [-0.4, -0.2) is 47.7 Å². The van der Waals surface area contributed by atoms with E-state index in [1.807, 2.05) is 25.1 Å². The lowest BCUT2D eigenvalue weighted by Crippen LogP contribution is -2.39. The van der Waals surface area contributed by atoms with Crippen molar-refractivity contribution >= 4 is 29.1 Å². The molecule has 1 aromatic heterocycles. The molecule has 2 N–H and O–H groups in total. The molecule has 1 fully saturated rings. The fraction of sp³-hybridized carbons (Fsp3) is 0.280. The maximum absolute atomic E-state index is 14.0. The number of carbonyl (C=O) groups excluding carboxylic acids is 3. The second kappa shape index (κ2) is 8.53. The van der Waals surface area contributed by atoms with E-state index in [1.54, 1.807) is 9.80 Å². The van der Waals surface area contributed by atoms with Crippen molar-refractivity contribution in [2.24, 2.45) is 5.73 Å². The van der Waals surface area contributed by atoms with Crippen molar-refractivity contribution in [2.75, 3.05) is 30.0 Å². The Morgan fingerprint density at radius 3 is 2.49 bits per heavy atom. The summed E-state index contributed by atoms with van der Waals surface area (Å²) in [6.07, 6.45) is 1.73. The molecule has 1 saturated heterocycles. The van der Waals surface area contributed by atoms with E-state index < -0.39 is 11.7 Å². The highest BCUT2D eigenvalue weighted by Gasteiger charge is 2.35. The summed E-state index contributed by atoms with van der Waals surface area (Å²) in [5.41, 5.74) is 8.91. The second-order valence-corrected chi connectivity index (χ2v) is 8.60. The number of hydrogen-bond acceptors (Lipinski definition) is 5. The minimum atomic E-state index is -0.744. The standard InChI is InChI=1S/C25H24FN5O4/c1-14-12-15(29-10-3-4-21(29)32)6-8-19(14)30-11-9-17-22(24(27)33)28-31(23(17)25(30)34)16-5-7-18(26)20(13-16)35-2/h5-8,12-13H,3-4,9-11H2,1-2H3,(H2,27,33). The third-order valence-electron chi connectivity index (χ3n) is 6.49. The second-order valence-electron chi connectivity index (χ2n) is 8.60. The molecule has 180 valence electrons. The number of aryl methyl sites for hydroxylation is 1. The number of halogens is 1. The summed E-state index contributed by atoms with van der Waals surface area (Å²) in [5.74, 6) is -1.59. The number of amides is 3. The number of rotatable bonds is 5. The summed E-state index contributed by atoms with van der Waals surface area (Å²) in [7, 11) is 1.34. The molecule has 0 spiro atoms. The lowest BCUT2D eigenvalue weighted by atomic mass is 10.0. The van der Waals surface area contributed by atoms with Crippen LogP contribution in [0.5, 0.6) is 5.75 Å². The number of nitrogens with zero attached hydrogens (tertiary/aromatic N) is 4. The SMILES string of the molecule is COc1cc(-n2nc(C(N)=O)c3c2C(=O)N(c2ccc(N4CCCC4=O)cc2C)CC3)ccc1F. The molecule has 2 aliphatic rings. The van der Waals surface area contributed by atoms with Crippen molar-refractivity contribution in [3.8, 4) is 11.4 Å². The first-order chi connectivity index (χ1) is 16.8. The summed E-state index contributed by atoms with van der Waals surface area (Å²) >= 11 is 0. The number of hydrogen-bond donors (Lipinski definition) is 1. The van der Waals surface area contributed by atoms with Gasteiger partial charge in [-0.05, 0) is 55.7 Å². The lowest BCUT2D eigenvalue weighted by molar-refractivity contribution is -0.117. The summed E-state index contributed by atoms with van der Waals surface area (Å²) in [6, 6.07) is 9.64. The minimum absolute atomic E-state index is 0.0101. The van der Waals surface area contributed by atoms with Crippen molar-refractivity contribution in [1.29, 1.82) is 0 Å². The normalized spacial score (nSPS) is 15.5. The fourth-order valence-corrected chi connectivity index (χ4v) is 4.79. The Labute approximate surface area is 200 Å². The van der Waals surface area contributed by atoms with Gasteiger partial charge < -0.3 is 20.3 Å². The van der Waals surface area contributed by atoms with Gasteiger partial charge in [0.15, 0.2) is 17.3 Å². The quantitative estimate of drug-likeness (QED) is 0.608. The van der Waals surface area contributed by atoms with Crippen molar-refractivity contribution < 1.29 is 23.5 Å². The van der Waals surface area contributed by atoms with Crippen molar-refractivity contribution in [2.45, 2.75) is 26.2 Å². The molecule has 3 amide bonds. The first-order valence-corrected chi connectivity index (χ1v) is 11.3. The number of anilines is 2. The van der Waals surface area contributed by atoms with Gasteiger partial charge in [0.1, 0.15) is 5.69 Å². The van der Waals surface area contributed by atoms with Crippen LogP contribution in [0, 0.1) is 12.7 Å². The van der Waals surface area contributed by atoms with E-state index in [0.717, 1.165) is 17.7 Å². The van der Waals surface area contributed by atoms with Gasteiger partial charge in [0.25, 0.3) is 11.8 Å². The maximum atomic E-state index is 14.0. The van der Waals surface area contributed by atoms with Gasteiger partial charge in [-0.3, -0.25) is 14.4 Å². The Bertz CT molecular complexity index is 1380. The molecular weight excluding hydrogens is 453 g/mol. The highest BCUT2D eigenvalue weighted by Crippen LogP contribution is 2.33. The molecule has 2 aliphatic heterocycles. The van der Waals surface area contributed by atoms with Crippen LogP contribution in [0.4, 0.5) is 15.8 Å². The molecule has 0 saturated carbocycles. The van der Waals surface area contributed by atoms with Crippen molar-refractivity contribution in [3.63, 3.8) is 0 Å². The lowest BCUT2D eigenvalue weighted by Gasteiger charge is -2.29. The first-order valence-electron chi connectivity index (χ1n) is 11.3. The van der Waals surface area contributed by atoms with Gasteiger partial charge >= 0.3 is 0 Å². The number of benzene rings is 2. The average molecular weight is 477 g/mol. The van der Waals surface area contributed by atoms with Gasteiger partial charge in [-0.2, -0.15) is 5.10 Å². The Balaban J connectivity index is 1.57. The zero-order valence-corrected chi connectivity index (χ0v) is 19.4. The van der Waals surface area contributed by atoms with Crippen LogP contribution in [0.15, 0.2) is 36.4 Å². The van der Waals surface area contributed by atoms with Gasteiger partial charge in [-0.25, -0.2) is 9.07 Å². The minimum Gasteiger partial charge on any atom is -0.494 e. The molecule has 35 heavy (non-hydrogen) atoms. The molecule has 0 aliphatic carbocycles. The highest BCUT2D eigenvalue weighted by molar-refractivity contribution is 6.10. The topological polar surface area (TPSA) is 111 Å². The Morgan fingerprint density at radius 2 is 1.83 bits per heavy atom. The number of fused-ring (bicyclic) bond motifs is 1. The van der Waals surface area contributed by atoms with Crippen LogP contribution >= 0.6 is 0 Å². The van der Waals surface area contributed by atoms with E-state index in [0.29, 0.717) is 42.9 Å². The largest absolute Gasteiger partial charge is 0.494 e. The number of primary amides is 1. The summed E-state index contributed by atoms with van der Waals surface area (Å²) in [5, 5.41) is 4.31. The zero-order valence-electron chi connectivity index (χ0n) is 19.4. The molecule has 0 radical (unpaired) electrons. The van der Waals surface area contributed by atoms with Crippen LogP contribution in [-0.2, 0) is 11.2 Å². The molecule has 9 nitrogen and oxygen atoms in total.